The Labute approximate surface area is 254 Å². The number of primary amides is 1. The minimum absolute atomic E-state index is 0.0281. The molecular weight excluding hydrogens is 554 g/mol. The number of unbranched alkanes of at least 4 members (excludes halogenated alkanes) is 1. The third-order valence-corrected chi connectivity index (χ3v) is 5.05. The van der Waals surface area contributed by atoms with E-state index in [-0.39, 0.29) is 56.4 Å². The summed E-state index contributed by atoms with van der Waals surface area (Å²) in [5.41, 5.74) is 11.7. The number of hydrogen-bond acceptors (Lipinski definition) is 10. The van der Waals surface area contributed by atoms with Crippen molar-refractivity contribution in [1.29, 1.82) is 0 Å². The number of nitrogens with two attached hydrogens (primary N) is 2. The number of aldehydes is 1. The van der Waals surface area contributed by atoms with Crippen molar-refractivity contribution in [2.45, 2.75) is 53.1 Å². The van der Waals surface area contributed by atoms with E-state index in [2.05, 4.69) is 33.9 Å². The van der Waals surface area contributed by atoms with Gasteiger partial charge in [0.1, 0.15) is 23.4 Å². The Balaban J connectivity index is 6.50. The van der Waals surface area contributed by atoms with Crippen LogP contribution < -0.4 is 22.1 Å². The van der Waals surface area contributed by atoms with E-state index in [9.17, 15) is 19.2 Å². The maximum atomic E-state index is 13.0. The molecule has 0 saturated carbocycles. The molecule has 0 rings (SSSR count). The molecule has 13 nitrogen and oxygen atoms in total. The Bertz CT molecular complexity index is 1130. The first-order valence-corrected chi connectivity index (χ1v) is 13.8. The molecule has 6 N–H and O–H groups in total. The van der Waals surface area contributed by atoms with Crippen molar-refractivity contribution in [1.82, 2.24) is 15.5 Å². The molecule has 0 heterocycles. The summed E-state index contributed by atoms with van der Waals surface area (Å²) in [6.45, 7) is 16.9. The predicted octanol–water partition coefficient (Wildman–Crippen LogP) is 2.27. The largest absolute Gasteiger partial charge is 0.492 e. The quantitative estimate of drug-likeness (QED) is 0.0239. The molecule has 0 aromatic carbocycles. The number of carbonyl (C=O) groups is 4. The van der Waals surface area contributed by atoms with E-state index in [1.165, 1.54) is 18.2 Å². The van der Waals surface area contributed by atoms with Crippen LogP contribution in [0.2, 0.25) is 0 Å². The number of alkyl carbamates (subject to hydrolysis) is 1. The molecule has 0 aromatic heterocycles. The lowest BCUT2D eigenvalue weighted by Gasteiger charge is -2.28. The summed E-state index contributed by atoms with van der Waals surface area (Å²) in [4.78, 5) is 57.7. The molecule has 0 fully saturated rings. The van der Waals surface area contributed by atoms with Crippen LogP contribution in [-0.4, -0.2) is 86.6 Å². The lowest BCUT2D eigenvalue weighted by molar-refractivity contribution is -0.115. The van der Waals surface area contributed by atoms with Gasteiger partial charge in [0.05, 0.1) is 25.5 Å². The van der Waals surface area contributed by atoms with Crippen molar-refractivity contribution >= 4 is 36.6 Å². The topological polar surface area (TPSA) is 191 Å². The molecule has 0 saturated heterocycles. The van der Waals surface area contributed by atoms with Crippen LogP contribution in [-0.2, 0) is 23.9 Å². The van der Waals surface area contributed by atoms with E-state index in [4.69, 9.17) is 20.9 Å². The van der Waals surface area contributed by atoms with Crippen molar-refractivity contribution in [2.24, 2.45) is 21.5 Å². The zero-order valence-corrected chi connectivity index (χ0v) is 26.0. The van der Waals surface area contributed by atoms with Crippen molar-refractivity contribution in [3.05, 3.63) is 59.7 Å². The fraction of sp³-hybridized carbons (Fsp3) is 0.467. The Hall–Kier alpha value is -4.68. The average Bonchev–Trinajstić information content (AvgIpc) is 2.91. The van der Waals surface area contributed by atoms with E-state index >= 15 is 0 Å². The number of nitrogens with one attached hydrogen (secondary N) is 2. The van der Waals surface area contributed by atoms with Crippen molar-refractivity contribution in [3.63, 3.8) is 0 Å². The molecule has 238 valence electrons. The lowest BCUT2D eigenvalue weighted by Crippen LogP contribution is -2.41. The van der Waals surface area contributed by atoms with Crippen LogP contribution >= 0.6 is 0 Å². The highest BCUT2D eigenvalue weighted by Gasteiger charge is 2.18. The summed E-state index contributed by atoms with van der Waals surface area (Å²) in [6.07, 6.45) is 8.56. The van der Waals surface area contributed by atoms with Crippen LogP contribution in [0.25, 0.3) is 0 Å². The first-order chi connectivity index (χ1) is 20.3. The number of carbonyl (C=O) groups excluding carboxylic acids is 4. The van der Waals surface area contributed by atoms with E-state index in [1.807, 2.05) is 0 Å². The number of amides is 3. The zero-order valence-electron chi connectivity index (χ0n) is 26.0. The highest BCUT2D eigenvalue weighted by atomic mass is 16.6. The summed E-state index contributed by atoms with van der Waals surface area (Å²) in [6, 6.07) is 0. The second-order valence-electron chi connectivity index (χ2n) is 10.0. The maximum Gasteiger partial charge on any atom is 0.407 e. The molecule has 0 radical (unpaired) electrons. The van der Waals surface area contributed by atoms with Gasteiger partial charge in [-0.05, 0) is 59.9 Å². The standard InChI is InChI=1S/C30H47N7O6/c1-8-23(27(32)39)19-26(42-17-13-12-16-38)25(20-33-7)37(15-11-10-14-35-29(41)43-30(4,5)6)21-36-28(40)24(34-9-2)18-22(3)31/h8,10-11,16,18-19H,1,7,9,12-15,17,20-21,31H2,2-6H3,(H2,32,39)(H,35,41)(H,36,40)/b11-10+,22-18-,23-19+,26-25-,34-24?. The number of rotatable bonds is 20. The molecule has 0 aliphatic carbocycles. The van der Waals surface area contributed by atoms with Crippen LogP contribution in [0.5, 0.6) is 0 Å². The van der Waals surface area contributed by atoms with Crippen molar-refractivity contribution in [2.75, 3.05) is 39.5 Å². The number of allylic oxidation sites excluding steroid dienone is 2. The van der Waals surface area contributed by atoms with Crippen LogP contribution in [0.15, 0.2) is 69.7 Å². The summed E-state index contributed by atoms with van der Waals surface area (Å²) < 4.78 is 11.2. The normalized spacial score (nSPS) is 13.1. The molecule has 43 heavy (non-hydrogen) atoms. The highest BCUT2D eigenvalue weighted by molar-refractivity contribution is 6.43. The molecule has 0 aromatic rings. The van der Waals surface area contributed by atoms with Gasteiger partial charge < -0.3 is 41.3 Å². The van der Waals surface area contributed by atoms with Crippen LogP contribution in [0.3, 0.4) is 0 Å². The van der Waals surface area contributed by atoms with Gasteiger partial charge in [0.2, 0.25) is 5.91 Å². The lowest BCUT2D eigenvalue weighted by atomic mass is 10.2. The Morgan fingerprint density at radius 2 is 1.79 bits per heavy atom. The van der Waals surface area contributed by atoms with Gasteiger partial charge in [-0.15, -0.1) is 0 Å². The third-order valence-electron chi connectivity index (χ3n) is 5.05. The zero-order chi connectivity index (χ0) is 32.8. The van der Waals surface area contributed by atoms with Gasteiger partial charge in [-0.2, -0.15) is 0 Å². The Kier molecular flexibility index (Phi) is 18.8. The average molecular weight is 602 g/mol. The van der Waals surface area contributed by atoms with E-state index in [1.54, 1.807) is 51.7 Å². The molecule has 3 amide bonds. The smallest absolute Gasteiger partial charge is 0.407 e. The van der Waals surface area contributed by atoms with Gasteiger partial charge in [0.25, 0.3) is 5.91 Å². The number of nitrogens with zero attached hydrogens (tertiary/aromatic N) is 3. The van der Waals surface area contributed by atoms with E-state index in [0.717, 1.165) is 6.29 Å². The minimum atomic E-state index is -0.729. The monoisotopic (exact) mass is 601 g/mol. The highest BCUT2D eigenvalue weighted by Crippen LogP contribution is 2.17. The third kappa shape index (κ3) is 17.7. The first kappa shape index (κ1) is 38.3. The maximum absolute atomic E-state index is 13.0. The van der Waals surface area contributed by atoms with Crippen LogP contribution in [0.4, 0.5) is 4.79 Å². The summed E-state index contributed by atoms with van der Waals surface area (Å²) >= 11 is 0. The van der Waals surface area contributed by atoms with Gasteiger partial charge in [-0.25, -0.2) is 4.79 Å². The summed E-state index contributed by atoms with van der Waals surface area (Å²) in [5, 5.41) is 5.46. The minimum Gasteiger partial charge on any atom is -0.492 e. The predicted molar refractivity (Wildman–Crippen MR) is 169 cm³/mol. The van der Waals surface area contributed by atoms with Gasteiger partial charge in [0.15, 0.2) is 0 Å². The molecule has 0 atom stereocenters. The van der Waals surface area contributed by atoms with E-state index in [0.29, 0.717) is 24.4 Å². The van der Waals surface area contributed by atoms with Gasteiger partial charge in [-0.3, -0.25) is 19.6 Å². The number of hydrogen-bond donors (Lipinski definition) is 4. The summed E-state index contributed by atoms with van der Waals surface area (Å²) in [5.74, 6) is -0.972. The molecular formula is C30H47N7O6. The molecule has 13 heteroatoms. The molecule has 0 unspecified atom stereocenters. The second kappa shape index (κ2) is 21.1. The fourth-order valence-corrected chi connectivity index (χ4v) is 3.21. The number of ether oxygens (including phenoxy) is 2. The van der Waals surface area contributed by atoms with Crippen molar-refractivity contribution in [3.8, 4) is 0 Å². The Morgan fingerprint density at radius 3 is 2.33 bits per heavy atom. The summed E-state index contributed by atoms with van der Waals surface area (Å²) in [7, 11) is 0. The number of aliphatic imine (C=N–C) groups is 2. The second-order valence-corrected chi connectivity index (χ2v) is 10.0. The molecule has 0 aliphatic rings. The van der Waals surface area contributed by atoms with Gasteiger partial charge >= 0.3 is 6.09 Å². The van der Waals surface area contributed by atoms with Crippen LogP contribution in [0, 0.1) is 0 Å². The molecule has 0 spiro atoms. The molecule has 0 aliphatic heterocycles. The SMILES string of the molecule is C=C/C(=C\C(OCCCC=O)=C(/CN=C)N(C/C=C/CNC(=O)OC(C)(C)C)CNC(=O)C(/C=C(/C)N)=NCC)C(N)=O. The molecule has 0 bridgehead atoms. The van der Waals surface area contributed by atoms with E-state index < -0.39 is 23.5 Å². The first-order valence-electron chi connectivity index (χ1n) is 13.8. The van der Waals surface area contributed by atoms with Gasteiger partial charge in [-0.1, -0.05) is 24.8 Å². The van der Waals surface area contributed by atoms with Crippen LogP contribution in [0.1, 0.15) is 47.5 Å². The Morgan fingerprint density at radius 1 is 1.09 bits per heavy atom. The van der Waals surface area contributed by atoms with Crippen molar-refractivity contribution < 1.29 is 28.7 Å². The van der Waals surface area contributed by atoms with Gasteiger partial charge in [0, 0.05) is 37.3 Å². The fourth-order valence-electron chi connectivity index (χ4n) is 3.21.